The maximum absolute atomic E-state index is 13.4. The molecular weight excluding hydrogens is 255 g/mol. The maximum atomic E-state index is 13.4. The van der Waals surface area contributed by atoms with Crippen LogP contribution in [-0.4, -0.2) is 6.61 Å². The summed E-state index contributed by atoms with van der Waals surface area (Å²) in [5, 5.41) is 0. The highest BCUT2D eigenvalue weighted by atomic mass is 19.1. The first-order chi connectivity index (χ1) is 9.09. The number of halogens is 3. The topological polar surface area (TPSA) is 35.2 Å². The molecule has 0 heterocycles. The Morgan fingerprint density at radius 3 is 2.11 bits per heavy atom. The van der Waals surface area contributed by atoms with E-state index in [1.807, 2.05) is 0 Å². The van der Waals surface area contributed by atoms with Gasteiger partial charge in [0.25, 0.3) is 0 Å². The van der Waals surface area contributed by atoms with E-state index < -0.39 is 29.2 Å². The summed E-state index contributed by atoms with van der Waals surface area (Å²) >= 11 is 0. The minimum absolute atomic E-state index is 0.223. The minimum atomic E-state index is -0.819. The Hall–Kier alpha value is -2.01. The van der Waals surface area contributed by atoms with Gasteiger partial charge >= 0.3 is 0 Å². The van der Waals surface area contributed by atoms with Crippen LogP contribution in [0, 0.1) is 17.5 Å². The fourth-order valence-corrected chi connectivity index (χ4v) is 1.66. The summed E-state index contributed by atoms with van der Waals surface area (Å²) in [6.45, 7) is -0.223. The second-order valence-electron chi connectivity index (χ2n) is 3.99. The Morgan fingerprint density at radius 2 is 1.47 bits per heavy atom. The average molecular weight is 267 g/mol. The van der Waals surface area contributed by atoms with Gasteiger partial charge in [-0.05, 0) is 18.2 Å². The van der Waals surface area contributed by atoms with Gasteiger partial charge < -0.3 is 10.5 Å². The number of nitrogens with two attached hydrogens (primary N) is 1. The molecule has 0 radical (unpaired) electrons. The van der Waals surface area contributed by atoms with Crippen molar-refractivity contribution in [1.82, 2.24) is 0 Å². The predicted molar refractivity (Wildman–Crippen MR) is 65.2 cm³/mol. The molecule has 100 valence electrons. The molecule has 2 nitrogen and oxygen atoms in total. The fourth-order valence-electron chi connectivity index (χ4n) is 1.66. The van der Waals surface area contributed by atoms with Crippen LogP contribution >= 0.6 is 0 Å². The molecule has 2 aromatic rings. The Balaban J connectivity index is 2.09. The predicted octanol–water partition coefficient (Wildman–Crippen LogP) is 3.18. The van der Waals surface area contributed by atoms with Gasteiger partial charge in [0.2, 0.25) is 0 Å². The lowest BCUT2D eigenvalue weighted by Crippen LogP contribution is -2.20. The molecule has 0 aliphatic carbocycles. The number of ether oxygens (including phenoxy) is 1. The molecular formula is C14H12F3NO. The van der Waals surface area contributed by atoms with E-state index in [1.54, 1.807) is 6.07 Å². The molecule has 0 aromatic heterocycles. The molecule has 5 heteroatoms. The third kappa shape index (κ3) is 3.06. The standard InChI is InChI=1S/C14H12F3NO/c15-10-5-2-1-4-9(10)13(18)8-19-14-11(16)6-3-7-12(14)17/h1-7,13H,8,18H2. The SMILES string of the molecule is NC(COc1c(F)cccc1F)c1ccccc1F. The van der Waals surface area contributed by atoms with Crippen LogP contribution in [0.3, 0.4) is 0 Å². The van der Waals surface area contributed by atoms with Gasteiger partial charge in [-0.2, -0.15) is 0 Å². The van der Waals surface area contributed by atoms with Gasteiger partial charge in [0.1, 0.15) is 12.4 Å². The number of benzene rings is 2. The zero-order valence-corrected chi connectivity index (χ0v) is 9.95. The van der Waals surface area contributed by atoms with Gasteiger partial charge in [-0.3, -0.25) is 0 Å². The zero-order chi connectivity index (χ0) is 13.8. The van der Waals surface area contributed by atoms with Gasteiger partial charge in [0.15, 0.2) is 17.4 Å². The van der Waals surface area contributed by atoms with Crippen LogP contribution in [0.1, 0.15) is 11.6 Å². The first-order valence-electron chi connectivity index (χ1n) is 5.66. The van der Waals surface area contributed by atoms with Crippen molar-refractivity contribution < 1.29 is 17.9 Å². The molecule has 0 amide bonds. The lowest BCUT2D eigenvalue weighted by Gasteiger charge is -2.15. The molecule has 0 aliphatic rings. The third-order valence-corrected chi connectivity index (χ3v) is 2.63. The normalized spacial score (nSPS) is 12.2. The average Bonchev–Trinajstić information content (AvgIpc) is 2.38. The minimum Gasteiger partial charge on any atom is -0.486 e. The summed E-state index contributed by atoms with van der Waals surface area (Å²) in [5.41, 5.74) is 5.97. The molecule has 19 heavy (non-hydrogen) atoms. The third-order valence-electron chi connectivity index (χ3n) is 2.63. The maximum Gasteiger partial charge on any atom is 0.190 e. The van der Waals surface area contributed by atoms with Crippen molar-refractivity contribution >= 4 is 0 Å². The van der Waals surface area contributed by atoms with Crippen LogP contribution in [0.2, 0.25) is 0 Å². The Bertz CT molecular complexity index is 554. The van der Waals surface area contributed by atoms with E-state index in [2.05, 4.69) is 0 Å². The van der Waals surface area contributed by atoms with Crippen molar-refractivity contribution in [2.24, 2.45) is 5.73 Å². The molecule has 0 fully saturated rings. The first kappa shape index (κ1) is 13.4. The molecule has 0 spiro atoms. The Morgan fingerprint density at radius 1 is 0.895 bits per heavy atom. The monoisotopic (exact) mass is 267 g/mol. The van der Waals surface area contributed by atoms with Gasteiger partial charge in [0, 0.05) is 5.56 Å². The van der Waals surface area contributed by atoms with Crippen LogP contribution in [0.4, 0.5) is 13.2 Å². The summed E-state index contributed by atoms with van der Waals surface area (Å²) in [7, 11) is 0. The van der Waals surface area contributed by atoms with E-state index in [-0.39, 0.29) is 12.2 Å². The summed E-state index contributed by atoms with van der Waals surface area (Å²) in [6, 6.07) is 8.50. The van der Waals surface area contributed by atoms with E-state index in [1.165, 1.54) is 24.3 Å². The molecule has 0 saturated carbocycles. The van der Waals surface area contributed by atoms with Crippen molar-refractivity contribution in [3.8, 4) is 5.75 Å². The van der Waals surface area contributed by atoms with Crippen LogP contribution in [-0.2, 0) is 0 Å². The lowest BCUT2D eigenvalue weighted by molar-refractivity contribution is 0.261. The molecule has 0 saturated heterocycles. The van der Waals surface area contributed by atoms with Crippen LogP contribution in [0.25, 0.3) is 0 Å². The number of hydrogen-bond donors (Lipinski definition) is 1. The van der Waals surface area contributed by atoms with Gasteiger partial charge in [-0.15, -0.1) is 0 Å². The van der Waals surface area contributed by atoms with E-state index in [0.717, 1.165) is 12.1 Å². The van der Waals surface area contributed by atoms with E-state index in [4.69, 9.17) is 10.5 Å². The largest absolute Gasteiger partial charge is 0.486 e. The molecule has 2 rings (SSSR count). The molecule has 1 atom stereocenters. The molecule has 2 aromatic carbocycles. The van der Waals surface area contributed by atoms with Crippen molar-refractivity contribution in [2.75, 3.05) is 6.61 Å². The van der Waals surface area contributed by atoms with Gasteiger partial charge in [-0.25, -0.2) is 13.2 Å². The second-order valence-corrected chi connectivity index (χ2v) is 3.99. The molecule has 2 N–H and O–H groups in total. The second kappa shape index (κ2) is 5.75. The lowest BCUT2D eigenvalue weighted by atomic mass is 10.1. The number of hydrogen-bond acceptors (Lipinski definition) is 2. The van der Waals surface area contributed by atoms with E-state index in [0.29, 0.717) is 0 Å². The van der Waals surface area contributed by atoms with Crippen LogP contribution in [0.15, 0.2) is 42.5 Å². The van der Waals surface area contributed by atoms with Crippen molar-refractivity contribution in [3.63, 3.8) is 0 Å². The first-order valence-corrected chi connectivity index (χ1v) is 5.66. The van der Waals surface area contributed by atoms with Crippen molar-refractivity contribution in [3.05, 3.63) is 65.5 Å². The van der Waals surface area contributed by atoms with Crippen molar-refractivity contribution in [2.45, 2.75) is 6.04 Å². The van der Waals surface area contributed by atoms with E-state index >= 15 is 0 Å². The van der Waals surface area contributed by atoms with Gasteiger partial charge in [-0.1, -0.05) is 24.3 Å². The van der Waals surface area contributed by atoms with Crippen molar-refractivity contribution in [1.29, 1.82) is 0 Å². The summed E-state index contributed by atoms with van der Waals surface area (Å²) < 4.78 is 45.0. The summed E-state index contributed by atoms with van der Waals surface area (Å²) in [4.78, 5) is 0. The summed E-state index contributed by atoms with van der Waals surface area (Å²) in [5.74, 6) is -2.62. The fraction of sp³-hybridized carbons (Fsp3) is 0.143. The Kier molecular flexibility index (Phi) is 4.06. The smallest absolute Gasteiger partial charge is 0.190 e. The highest BCUT2D eigenvalue weighted by molar-refractivity contribution is 5.27. The number of para-hydroxylation sites is 1. The van der Waals surface area contributed by atoms with E-state index in [9.17, 15) is 13.2 Å². The molecule has 1 unspecified atom stereocenters. The summed E-state index contributed by atoms with van der Waals surface area (Å²) in [6.07, 6.45) is 0. The molecule has 0 aliphatic heterocycles. The zero-order valence-electron chi connectivity index (χ0n) is 9.95. The number of rotatable bonds is 4. The van der Waals surface area contributed by atoms with Gasteiger partial charge in [0.05, 0.1) is 6.04 Å². The highest BCUT2D eigenvalue weighted by Gasteiger charge is 2.15. The highest BCUT2D eigenvalue weighted by Crippen LogP contribution is 2.23. The van der Waals surface area contributed by atoms with Crippen LogP contribution < -0.4 is 10.5 Å². The van der Waals surface area contributed by atoms with Crippen LogP contribution in [0.5, 0.6) is 5.75 Å². The Labute approximate surface area is 108 Å². The molecule has 0 bridgehead atoms. The quantitative estimate of drug-likeness (QED) is 0.923.